The molecular formula is C50H96O6. The van der Waals surface area contributed by atoms with E-state index in [1.54, 1.807) is 0 Å². The minimum absolute atomic E-state index is 0.0646. The minimum Gasteiger partial charge on any atom is -0.462 e. The van der Waals surface area contributed by atoms with E-state index in [9.17, 15) is 14.4 Å². The molecule has 0 aliphatic rings. The van der Waals surface area contributed by atoms with Gasteiger partial charge in [-0.25, -0.2) is 0 Å². The van der Waals surface area contributed by atoms with E-state index >= 15 is 0 Å². The lowest BCUT2D eigenvalue weighted by atomic mass is 10.00. The van der Waals surface area contributed by atoms with E-state index in [1.165, 1.54) is 161 Å². The second-order valence-corrected chi connectivity index (χ2v) is 17.8. The molecule has 0 aliphatic heterocycles. The fraction of sp³-hybridized carbons (Fsp3) is 0.940. The molecule has 0 aliphatic carbocycles. The van der Waals surface area contributed by atoms with Crippen LogP contribution in [0.25, 0.3) is 0 Å². The molecule has 0 bridgehead atoms. The molecule has 0 fully saturated rings. The first kappa shape index (κ1) is 54.4. The van der Waals surface area contributed by atoms with Crippen molar-refractivity contribution in [1.82, 2.24) is 0 Å². The van der Waals surface area contributed by atoms with Crippen molar-refractivity contribution in [1.29, 1.82) is 0 Å². The zero-order valence-corrected chi connectivity index (χ0v) is 38.3. The van der Waals surface area contributed by atoms with Crippen molar-refractivity contribution in [2.24, 2.45) is 11.8 Å². The highest BCUT2D eigenvalue weighted by atomic mass is 16.6. The average Bonchev–Trinajstić information content (AvgIpc) is 3.18. The molecule has 0 aromatic carbocycles. The van der Waals surface area contributed by atoms with Gasteiger partial charge in [0.05, 0.1) is 0 Å². The molecule has 0 heterocycles. The van der Waals surface area contributed by atoms with Crippen molar-refractivity contribution in [2.75, 3.05) is 13.2 Å². The molecule has 6 heteroatoms. The Bertz CT molecular complexity index is 856. The standard InChI is InChI=1S/C50H96O6/c1-6-8-9-10-11-12-13-14-18-21-24-30-35-40-48(51)54-43-47(44-55-49(52)41-36-31-27-26-29-34-39-46(5)7-2)56-50(53)42-37-32-25-22-19-16-15-17-20-23-28-33-38-45(3)4/h45-47H,6-44H2,1-5H3/t46?,47-/m1/s1. The fourth-order valence-electron chi connectivity index (χ4n) is 7.43. The Morgan fingerprint density at radius 1 is 0.375 bits per heavy atom. The largest absolute Gasteiger partial charge is 0.462 e. The average molecular weight is 793 g/mol. The van der Waals surface area contributed by atoms with Crippen LogP contribution in [0.15, 0.2) is 0 Å². The Morgan fingerprint density at radius 3 is 1.02 bits per heavy atom. The fourth-order valence-corrected chi connectivity index (χ4v) is 7.43. The molecule has 1 unspecified atom stereocenters. The summed E-state index contributed by atoms with van der Waals surface area (Å²) in [7, 11) is 0. The van der Waals surface area contributed by atoms with Crippen molar-refractivity contribution >= 4 is 17.9 Å². The van der Waals surface area contributed by atoms with Crippen LogP contribution < -0.4 is 0 Å². The van der Waals surface area contributed by atoms with Crippen LogP contribution >= 0.6 is 0 Å². The van der Waals surface area contributed by atoms with Crippen LogP contribution in [0.4, 0.5) is 0 Å². The molecule has 6 nitrogen and oxygen atoms in total. The highest BCUT2D eigenvalue weighted by Gasteiger charge is 2.19. The van der Waals surface area contributed by atoms with Gasteiger partial charge in [0.25, 0.3) is 0 Å². The molecule has 0 amide bonds. The topological polar surface area (TPSA) is 78.9 Å². The number of hydrogen-bond acceptors (Lipinski definition) is 6. The third-order valence-electron chi connectivity index (χ3n) is 11.6. The summed E-state index contributed by atoms with van der Waals surface area (Å²) in [6, 6.07) is 0. The van der Waals surface area contributed by atoms with Gasteiger partial charge >= 0.3 is 17.9 Å². The lowest BCUT2D eigenvalue weighted by molar-refractivity contribution is -0.167. The van der Waals surface area contributed by atoms with Gasteiger partial charge in [-0.05, 0) is 31.1 Å². The quantitative estimate of drug-likeness (QED) is 0.0347. The molecule has 0 spiro atoms. The summed E-state index contributed by atoms with van der Waals surface area (Å²) in [5.74, 6) is 0.792. The Kier molecular flexibility index (Phi) is 41.8. The van der Waals surface area contributed by atoms with Gasteiger partial charge in [0, 0.05) is 19.3 Å². The summed E-state index contributed by atoms with van der Waals surface area (Å²) >= 11 is 0. The predicted octanol–water partition coefficient (Wildman–Crippen LogP) is 15.8. The summed E-state index contributed by atoms with van der Waals surface area (Å²) < 4.78 is 16.8. The number of ether oxygens (including phenoxy) is 3. The zero-order chi connectivity index (χ0) is 41.2. The van der Waals surface area contributed by atoms with Gasteiger partial charge in [0.1, 0.15) is 13.2 Å². The van der Waals surface area contributed by atoms with Crippen LogP contribution in [-0.2, 0) is 28.6 Å². The lowest BCUT2D eigenvalue weighted by Crippen LogP contribution is -2.30. The van der Waals surface area contributed by atoms with E-state index in [0.29, 0.717) is 19.3 Å². The van der Waals surface area contributed by atoms with Gasteiger partial charge in [-0.3, -0.25) is 14.4 Å². The highest BCUT2D eigenvalue weighted by Crippen LogP contribution is 2.17. The maximum absolute atomic E-state index is 12.8. The van der Waals surface area contributed by atoms with E-state index in [1.807, 2.05) is 0 Å². The lowest BCUT2D eigenvalue weighted by Gasteiger charge is -2.18. The molecule has 0 saturated heterocycles. The number of unbranched alkanes of at least 4 members (excludes halogenated alkanes) is 28. The van der Waals surface area contributed by atoms with E-state index in [4.69, 9.17) is 14.2 Å². The van der Waals surface area contributed by atoms with Crippen LogP contribution in [0.3, 0.4) is 0 Å². The molecular weight excluding hydrogens is 697 g/mol. The molecule has 0 aromatic rings. The summed E-state index contributed by atoms with van der Waals surface area (Å²) in [6.45, 7) is 11.3. The number of hydrogen-bond donors (Lipinski definition) is 0. The van der Waals surface area contributed by atoms with Crippen LogP contribution in [0.1, 0.15) is 272 Å². The second-order valence-electron chi connectivity index (χ2n) is 17.8. The molecule has 0 radical (unpaired) electrons. The molecule has 0 aromatic heterocycles. The van der Waals surface area contributed by atoms with Crippen molar-refractivity contribution < 1.29 is 28.6 Å². The highest BCUT2D eigenvalue weighted by molar-refractivity contribution is 5.71. The third kappa shape index (κ3) is 42.0. The Hall–Kier alpha value is -1.59. The molecule has 0 N–H and O–H groups in total. The first-order valence-corrected chi connectivity index (χ1v) is 24.8. The Balaban J connectivity index is 4.32. The molecule has 2 atom stereocenters. The number of carbonyl (C=O) groups is 3. The summed E-state index contributed by atoms with van der Waals surface area (Å²) in [4.78, 5) is 37.8. The van der Waals surface area contributed by atoms with Crippen LogP contribution in [0.2, 0.25) is 0 Å². The van der Waals surface area contributed by atoms with E-state index < -0.39 is 6.10 Å². The van der Waals surface area contributed by atoms with Gasteiger partial charge in [-0.2, -0.15) is 0 Å². The summed E-state index contributed by atoms with van der Waals surface area (Å²) in [5, 5.41) is 0. The van der Waals surface area contributed by atoms with Gasteiger partial charge in [0.2, 0.25) is 0 Å². The molecule has 0 rings (SSSR count). The van der Waals surface area contributed by atoms with Crippen molar-refractivity contribution in [2.45, 2.75) is 278 Å². The second kappa shape index (κ2) is 43.0. The van der Waals surface area contributed by atoms with E-state index in [0.717, 1.165) is 69.6 Å². The van der Waals surface area contributed by atoms with Crippen LogP contribution in [-0.4, -0.2) is 37.2 Å². The molecule has 332 valence electrons. The van der Waals surface area contributed by atoms with Crippen LogP contribution in [0, 0.1) is 11.8 Å². The van der Waals surface area contributed by atoms with Crippen LogP contribution in [0.5, 0.6) is 0 Å². The number of esters is 3. The van der Waals surface area contributed by atoms with Gasteiger partial charge < -0.3 is 14.2 Å². The maximum Gasteiger partial charge on any atom is 0.306 e. The van der Waals surface area contributed by atoms with E-state index in [2.05, 4.69) is 34.6 Å². The van der Waals surface area contributed by atoms with Gasteiger partial charge in [0.15, 0.2) is 6.10 Å². The molecule has 0 saturated carbocycles. The monoisotopic (exact) mass is 793 g/mol. The number of rotatable bonds is 44. The van der Waals surface area contributed by atoms with Crippen molar-refractivity contribution in [3.05, 3.63) is 0 Å². The summed E-state index contributed by atoms with van der Waals surface area (Å²) in [6.07, 6.45) is 42.3. The smallest absolute Gasteiger partial charge is 0.306 e. The zero-order valence-electron chi connectivity index (χ0n) is 38.3. The van der Waals surface area contributed by atoms with Gasteiger partial charge in [-0.1, -0.05) is 234 Å². The van der Waals surface area contributed by atoms with Gasteiger partial charge in [-0.15, -0.1) is 0 Å². The Morgan fingerprint density at radius 2 is 0.679 bits per heavy atom. The first-order valence-electron chi connectivity index (χ1n) is 24.8. The molecule has 56 heavy (non-hydrogen) atoms. The summed E-state index contributed by atoms with van der Waals surface area (Å²) in [5.41, 5.74) is 0. The predicted molar refractivity (Wildman–Crippen MR) is 238 cm³/mol. The number of carbonyl (C=O) groups excluding carboxylic acids is 3. The van der Waals surface area contributed by atoms with E-state index in [-0.39, 0.29) is 31.1 Å². The van der Waals surface area contributed by atoms with Crippen molar-refractivity contribution in [3.63, 3.8) is 0 Å². The minimum atomic E-state index is -0.761. The maximum atomic E-state index is 12.8. The van der Waals surface area contributed by atoms with Crippen molar-refractivity contribution in [3.8, 4) is 0 Å². The Labute approximate surface area is 348 Å². The first-order chi connectivity index (χ1) is 27.3. The normalized spacial score (nSPS) is 12.5. The SMILES string of the molecule is CCCCCCCCCCCCCCCC(=O)OC[C@H](COC(=O)CCCCCCCCC(C)CC)OC(=O)CCCCCCCCCCCCCCC(C)C. The third-order valence-corrected chi connectivity index (χ3v) is 11.6.